The number of pyridine rings is 1. The number of carbonyl (C=O) groups excluding carboxylic acids is 1. The molecule has 3 heterocycles. The van der Waals surface area contributed by atoms with Gasteiger partial charge in [0.25, 0.3) is 6.43 Å². The van der Waals surface area contributed by atoms with Gasteiger partial charge in [0.15, 0.2) is 5.82 Å². The van der Waals surface area contributed by atoms with E-state index >= 15 is 4.39 Å². The zero-order valence-electron chi connectivity index (χ0n) is 20.2. The summed E-state index contributed by atoms with van der Waals surface area (Å²) in [5.74, 6) is -1.66. The topological polar surface area (TPSA) is 86.0 Å². The van der Waals surface area contributed by atoms with Crippen molar-refractivity contribution in [2.45, 2.75) is 18.9 Å². The first kappa shape index (κ1) is 26.3. The van der Waals surface area contributed by atoms with E-state index in [1.54, 1.807) is 29.2 Å². The molecule has 1 aliphatic heterocycles. The van der Waals surface area contributed by atoms with Gasteiger partial charge in [0, 0.05) is 42.9 Å². The second kappa shape index (κ2) is 10.8. The van der Waals surface area contributed by atoms with Crippen LogP contribution < -0.4 is 4.90 Å². The average molecular weight is 555 g/mol. The molecule has 7 nitrogen and oxygen atoms in total. The maximum Gasteiger partial charge on any atom is 0.257 e. The first-order valence-corrected chi connectivity index (χ1v) is 12.2. The molecular formula is C27H19ClF4N6O. The Labute approximate surface area is 225 Å². The smallest absolute Gasteiger partial charge is 0.257 e. The normalized spacial score (nSPS) is 16.0. The standard InChI is InChI=1S/C27H19ClF4N6O/c28-23-19(29)5-4-15-2-1-3-17(22(15)23)25-24(32)26-18(12-34-25)27(36-14-35-26)37-10-11-38(16(13-37)8-9-33)21(39)7-6-20(30)31/h1-7,12,14,16,20H,8,10-11,13H2/b7-6+/t16-/m0/s1. The number of halogens is 5. The number of carbonyl (C=O) groups is 1. The van der Waals surface area contributed by atoms with E-state index in [1.165, 1.54) is 23.5 Å². The van der Waals surface area contributed by atoms with E-state index in [-0.39, 0.29) is 42.3 Å². The molecule has 12 heteroatoms. The molecule has 39 heavy (non-hydrogen) atoms. The number of allylic oxidation sites excluding steroid dienone is 1. The van der Waals surface area contributed by atoms with Crippen molar-refractivity contribution in [3.8, 4) is 17.3 Å². The molecule has 0 N–H and O–H groups in total. The molecule has 1 saturated heterocycles. The molecule has 0 aliphatic carbocycles. The molecule has 0 radical (unpaired) electrons. The van der Waals surface area contributed by atoms with Crippen LogP contribution in [0.2, 0.25) is 5.02 Å². The number of hydrogen-bond acceptors (Lipinski definition) is 6. The van der Waals surface area contributed by atoms with Gasteiger partial charge in [-0.25, -0.2) is 27.5 Å². The van der Waals surface area contributed by atoms with Crippen LogP contribution >= 0.6 is 11.6 Å². The molecule has 0 spiro atoms. The number of fused-ring (bicyclic) bond motifs is 2. The third-order valence-corrected chi connectivity index (χ3v) is 6.94. The summed E-state index contributed by atoms with van der Waals surface area (Å²) in [6.07, 6.45) is 1.10. The van der Waals surface area contributed by atoms with Crippen LogP contribution in [0.15, 0.2) is 55.0 Å². The van der Waals surface area contributed by atoms with Crippen LogP contribution in [0.4, 0.5) is 23.4 Å². The fraction of sp³-hybridized carbons (Fsp3) is 0.222. The molecule has 0 bridgehead atoms. The largest absolute Gasteiger partial charge is 0.352 e. The summed E-state index contributed by atoms with van der Waals surface area (Å²) >= 11 is 6.24. The van der Waals surface area contributed by atoms with Gasteiger partial charge < -0.3 is 9.80 Å². The van der Waals surface area contributed by atoms with Gasteiger partial charge in [0.1, 0.15) is 29.2 Å². The molecule has 198 valence electrons. The zero-order chi connectivity index (χ0) is 27.7. The fourth-order valence-corrected chi connectivity index (χ4v) is 5.07. The van der Waals surface area contributed by atoms with Gasteiger partial charge in [-0.1, -0.05) is 35.9 Å². The first-order valence-electron chi connectivity index (χ1n) is 11.8. The maximum atomic E-state index is 15.9. The number of alkyl halides is 2. The fourth-order valence-electron chi connectivity index (χ4n) is 4.79. The number of amides is 1. The Morgan fingerprint density at radius 3 is 2.77 bits per heavy atom. The lowest BCUT2D eigenvalue weighted by molar-refractivity contribution is -0.128. The number of piperazine rings is 1. The summed E-state index contributed by atoms with van der Waals surface area (Å²) in [4.78, 5) is 28.4. The molecule has 2 aromatic carbocycles. The summed E-state index contributed by atoms with van der Waals surface area (Å²) in [7, 11) is 0. The lowest BCUT2D eigenvalue weighted by Gasteiger charge is -2.41. The van der Waals surface area contributed by atoms with Gasteiger partial charge in [-0.15, -0.1) is 0 Å². The Kier molecular flexibility index (Phi) is 7.30. The molecule has 4 aromatic rings. The number of anilines is 1. The zero-order valence-corrected chi connectivity index (χ0v) is 20.9. The molecule has 1 amide bonds. The molecule has 5 rings (SSSR count). The van der Waals surface area contributed by atoms with Crippen LogP contribution in [0, 0.1) is 23.0 Å². The van der Waals surface area contributed by atoms with Gasteiger partial charge in [-0.05, 0) is 17.5 Å². The highest BCUT2D eigenvalue weighted by molar-refractivity contribution is 6.36. The van der Waals surface area contributed by atoms with Crippen LogP contribution in [-0.4, -0.2) is 57.9 Å². The number of rotatable bonds is 5. The Hall–Kier alpha value is -4.30. The van der Waals surface area contributed by atoms with Crippen LogP contribution in [0.3, 0.4) is 0 Å². The number of nitrogens with zero attached hydrogens (tertiary/aromatic N) is 6. The van der Waals surface area contributed by atoms with E-state index in [4.69, 9.17) is 11.6 Å². The molecule has 0 unspecified atom stereocenters. The van der Waals surface area contributed by atoms with E-state index in [2.05, 4.69) is 15.0 Å². The minimum Gasteiger partial charge on any atom is -0.352 e. The Bertz CT molecular complexity index is 1660. The lowest BCUT2D eigenvalue weighted by atomic mass is 10.0. The first-order chi connectivity index (χ1) is 18.8. The van der Waals surface area contributed by atoms with Gasteiger partial charge in [-0.2, -0.15) is 5.26 Å². The van der Waals surface area contributed by atoms with E-state index in [9.17, 15) is 23.2 Å². The monoisotopic (exact) mass is 554 g/mol. The molecule has 2 aromatic heterocycles. The minimum absolute atomic E-state index is 0.0234. The van der Waals surface area contributed by atoms with Crippen molar-refractivity contribution >= 4 is 45.0 Å². The van der Waals surface area contributed by atoms with Crippen molar-refractivity contribution in [1.29, 1.82) is 5.26 Å². The number of benzene rings is 2. The third-order valence-electron chi connectivity index (χ3n) is 6.57. The Balaban J connectivity index is 1.53. The summed E-state index contributed by atoms with van der Waals surface area (Å²) in [5, 5.41) is 10.4. The second-order valence-corrected chi connectivity index (χ2v) is 9.21. The minimum atomic E-state index is -2.77. The van der Waals surface area contributed by atoms with Gasteiger partial charge in [-0.3, -0.25) is 9.78 Å². The van der Waals surface area contributed by atoms with Crippen LogP contribution in [-0.2, 0) is 4.79 Å². The lowest BCUT2D eigenvalue weighted by Crippen LogP contribution is -2.55. The summed E-state index contributed by atoms with van der Waals surface area (Å²) < 4.78 is 55.2. The van der Waals surface area contributed by atoms with Crippen molar-refractivity contribution < 1.29 is 22.4 Å². The average Bonchev–Trinajstić information content (AvgIpc) is 2.93. The number of aromatic nitrogens is 3. The second-order valence-electron chi connectivity index (χ2n) is 8.83. The Morgan fingerprint density at radius 2 is 2.00 bits per heavy atom. The quantitative estimate of drug-likeness (QED) is 0.238. The molecule has 0 saturated carbocycles. The van der Waals surface area contributed by atoms with Gasteiger partial charge in [0.2, 0.25) is 5.91 Å². The van der Waals surface area contributed by atoms with Crippen LogP contribution in [0.25, 0.3) is 32.9 Å². The van der Waals surface area contributed by atoms with Gasteiger partial charge in [0.05, 0.1) is 28.9 Å². The van der Waals surface area contributed by atoms with Crippen molar-refractivity contribution in [3.05, 3.63) is 71.7 Å². The highest BCUT2D eigenvalue weighted by atomic mass is 35.5. The third kappa shape index (κ3) is 4.95. The van der Waals surface area contributed by atoms with E-state index in [0.29, 0.717) is 33.6 Å². The van der Waals surface area contributed by atoms with Crippen molar-refractivity contribution in [2.75, 3.05) is 24.5 Å². The SMILES string of the molecule is N#CC[C@H]1CN(c2ncnc3c(F)c(-c4cccc5ccc(F)c(Cl)c45)ncc23)CCN1C(=O)/C=C/C(F)F. The molecular weight excluding hydrogens is 536 g/mol. The van der Waals surface area contributed by atoms with E-state index < -0.39 is 30.0 Å². The van der Waals surface area contributed by atoms with E-state index in [1.807, 2.05) is 6.07 Å². The number of nitriles is 1. The Morgan fingerprint density at radius 1 is 1.18 bits per heavy atom. The highest BCUT2D eigenvalue weighted by Crippen LogP contribution is 2.37. The molecule has 1 fully saturated rings. The molecule has 1 atom stereocenters. The van der Waals surface area contributed by atoms with Crippen LogP contribution in [0.5, 0.6) is 0 Å². The van der Waals surface area contributed by atoms with Crippen molar-refractivity contribution in [1.82, 2.24) is 19.9 Å². The van der Waals surface area contributed by atoms with Gasteiger partial charge >= 0.3 is 0 Å². The summed E-state index contributed by atoms with van der Waals surface area (Å²) in [5.41, 5.74) is 0.216. The molecule has 1 aliphatic rings. The summed E-state index contributed by atoms with van der Waals surface area (Å²) in [6.45, 7) is 0.553. The predicted molar refractivity (Wildman–Crippen MR) is 138 cm³/mol. The predicted octanol–water partition coefficient (Wildman–Crippen LogP) is 5.53. The highest BCUT2D eigenvalue weighted by Gasteiger charge is 2.31. The maximum absolute atomic E-state index is 15.9. The summed E-state index contributed by atoms with van der Waals surface area (Å²) in [6, 6.07) is 9.21. The number of hydrogen-bond donors (Lipinski definition) is 0. The van der Waals surface area contributed by atoms with Crippen LogP contribution in [0.1, 0.15) is 6.42 Å². The van der Waals surface area contributed by atoms with Crippen molar-refractivity contribution in [2.24, 2.45) is 0 Å². The van der Waals surface area contributed by atoms with Crippen molar-refractivity contribution in [3.63, 3.8) is 0 Å². The van der Waals surface area contributed by atoms with E-state index in [0.717, 1.165) is 6.08 Å².